The number of carboxylic acid groups (broad SMARTS) is 1. The second-order valence-electron chi connectivity index (χ2n) is 3.79. The van der Waals surface area contributed by atoms with Gasteiger partial charge in [-0.2, -0.15) is 0 Å². The molecule has 0 aromatic rings. The summed E-state index contributed by atoms with van der Waals surface area (Å²) in [7, 11) is 0. The minimum atomic E-state index is -1.04. The number of likely N-dealkylation sites (tertiary alicyclic amines) is 1. The van der Waals surface area contributed by atoms with E-state index in [2.05, 4.69) is 5.32 Å². The number of hydrogen-bond acceptors (Lipinski definition) is 3. The number of carbonyl (C=O) groups is 3. The monoisotopic (exact) mass is 228 g/mol. The number of urea groups is 1. The zero-order valence-electron chi connectivity index (χ0n) is 9.07. The van der Waals surface area contributed by atoms with Crippen LogP contribution in [-0.4, -0.2) is 41.0 Å². The zero-order valence-corrected chi connectivity index (χ0v) is 9.07. The van der Waals surface area contributed by atoms with E-state index in [0.29, 0.717) is 13.1 Å². The molecule has 0 unspecified atom stereocenters. The number of aliphatic carboxylic acids is 1. The molecule has 1 fully saturated rings. The van der Waals surface area contributed by atoms with Crippen molar-refractivity contribution < 1.29 is 19.5 Å². The first-order valence-electron chi connectivity index (χ1n) is 5.40. The third-order valence-electron chi connectivity index (χ3n) is 2.46. The lowest BCUT2D eigenvalue weighted by atomic mass is 10.1. The van der Waals surface area contributed by atoms with Crippen LogP contribution in [-0.2, 0) is 9.59 Å². The highest BCUT2D eigenvalue weighted by atomic mass is 16.4. The Bertz CT molecular complexity index is 285. The van der Waals surface area contributed by atoms with Gasteiger partial charge in [-0.05, 0) is 19.3 Å². The van der Waals surface area contributed by atoms with E-state index in [1.54, 1.807) is 4.90 Å². The lowest BCUT2D eigenvalue weighted by Crippen LogP contribution is -2.45. The Kier molecular flexibility index (Phi) is 4.75. The van der Waals surface area contributed by atoms with Gasteiger partial charge in [0, 0.05) is 19.5 Å². The molecule has 6 nitrogen and oxygen atoms in total. The average molecular weight is 228 g/mol. The van der Waals surface area contributed by atoms with Crippen LogP contribution in [0.1, 0.15) is 32.1 Å². The van der Waals surface area contributed by atoms with Crippen LogP contribution >= 0.6 is 0 Å². The largest absolute Gasteiger partial charge is 0.481 e. The lowest BCUT2D eigenvalue weighted by Gasteiger charge is -2.26. The van der Waals surface area contributed by atoms with Crippen molar-refractivity contribution in [2.75, 3.05) is 13.1 Å². The maximum absolute atomic E-state index is 11.5. The zero-order chi connectivity index (χ0) is 12.0. The summed E-state index contributed by atoms with van der Waals surface area (Å²) >= 11 is 0. The van der Waals surface area contributed by atoms with Crippen LogP contribution in [0.25, 0.3) is 0 Å². The van der Waals surface area contributed by atoms with Crippen molar-refractivity contribution >= 4 is 17.9 Å². The summed E-state index contributed by atoms with van der Waals surface area (Å²) in [6, 6.07) is -0.407. The highest BCUT2D eigenvalue weighted by molar-refractivity contribution is 5.95. The minimum absolute atomic E-state index is 0.158. The van der Waals surface area contributed by atoms with Gasteiger partial charge in [-0.15, -0.1) is 0 Å². The van der Waals surface area contributed by atoms with Crippen molar-refractivity contribution in [2.45, 2.75) is 32.1 Å². The fourth-order valence-electron chi connectivity index (χ4n) is 1.58. The van der Waals surface area contributed by atoms with Gasteiger partial charge < -0.3 is 10.0 Å². The number of rotatable bonds is 3. The predicted molar refractivity (Wildman–Crippen MR) is 55.8 cm³/mol. The van der Waals surface area contributed by atoms with E-state index < -0.39 is 17.9 Å². The Hall–Kier alpha value is -1.59. The standard InChI is InChI=1S/C10H16N2O4/c13-8(4-5-9(14)15)11-10(16)12-6-2-1-3-7-12/h1-7H2,(H,14,15)(H,11,13,16). The molecule has 0 saturated carbocycles. The van der Waals surface area contributed by atoms with E-state index in [1.165, 1.54) is 0 Å². The van der Waals surface area contributed by atoms with Crippen LogP contribution in [0.4, 0.5) is 4.79 Å². The third-order valence-corrected chi connectivity index (χ3v) is 2.46. The van der Waals surface area contributed by atoms with E-state index in [-0.39, 0.29) is 12.8 Å². The number of nitrogens with one attached hydrogen (secondary N) is 1. The van der Waals surface area contributed by atoms with Gasteiger partial charge in [-0.1, -0.05) is 0 Å². The molecule has 0 radical (unpaired) electrons. The molecular weight excluding hydrogens is 212 g/mol. The number of carbonyl (C=O) groups excluding carboxylic acids is 2. The Labute approximate surface area is 93.6 Å². The van der Waals surface area contributed by atoms with Crippen LogP contribution in [0.15, 0.2) is 0 Å². The van der Waals surface area contributed by atoms with Crippen LogP contribution in [0, 0.1) is 0 Å². The normalized spacial score (nSPS) is 15.6. The summed E-state index contributed by atoms with van der Waals surface area (Å²) in [6.07, 6.45) is 2.61. The molecule has 3 amide bonds. The molecule has 0 aromatic carbocycles. The molecule has 2 N–H and O–H groups in total. The number of imide groups is 1. The first-order valence-corrected chi connectivity index (χ1v) is 5.40. The average Bonchev–Trinajstić information content (AvgIpc) is 2.27. The van der Waals surface area contributed by atoms with E-state index >= 15 is 0 Å². The summed E-state index contributed by atoms with van der Waals surface area (Å²) in [5.41, 5.74) is 0. The van der Waals surface area contributed by atoms with Crippen molar-refractivity contribution in [3.63, 3.8) is 0 Å². The maximum atomic E-state index is 11.5. The minimum Gasteiger partial charge on any atom is -0.481 e. The molecule has 90 valence electrons. The molecule has 1 heterocycles. The van der Waals surface area contributed by atoms with Gasteiger partial charge in [0.15, 0.2) is 0 Å². The number of nitrogens with zero attached hydrogens (tertiary/aromatic N) is 1. The lowest BCUT2D eigenvalue weighted by molar-refractivity contribution is -0.138. The molecule has 0 aromatic heterocycles. The molecule has 0 aliphatic carbocycles. The molecule has 16 heavy (non-hydrogen) atoms. The van der Waals surface area contributed by atoms with Gasteiger partial charge >= 0.3 is 12.0 Å². The van der Waals surface area contributed by atoms with Gasteiger partial charge in [-0.25, -0.2) is 4.79 Å². The van der Waals surface area contributed by atoms with Crippen LogP contribution in [0.5, 0.6) is 0 Å². The molecule has 6 heteroatoms. The second-order valence-corrected chi connectivity index (χ2v) is 3.79. The van der Waals surface area contributed by atoms with E-state index in [0.717, 1.165) is 19.3 Å². The summed E-state index contributed by atoms with van der Waals surface area (Å²) in [5, 5.41) is 10.6. The molecule has 1 rings (SSSR count). The molecular formula is C10H16N2O4. The quantitative estimate of drug-likeness (QED) is 0.739. The Balaban J connectivity index is 2.26. The first-order chi connectivity index (χ1) is 7.59. The van der Waals surface area contributed by atoms with E-state index in [4.69, 9.17) is 5.11 Å². The fourth-order valence-corrected chi connectivity index (χ4v) is 1.58. The molecule has 0 atom stereocenters. The van der Waals surface area contributed by atoms with Crippen molar-refractivity contribution in [1.29, 1.82) is 0 Å². The van der Waals surface area contributed by atoms with E-state index in [1.807, 2.05) is 0 Å². The summed E-state index contributed by atoms with van der Waals surface area (Å²) < 4.78 is 0. The van der Waals surface area contributed by atoms with Gasteiger partial charge in [0.2, 0.25) is 5.91 Å². The molecule has 1 aliphatic heterocycles. The number of amides is 3. The van der Waals surface area contributed by atoms with Crippen molar-refractivity contribution in [3.05, 3.63) is 0 Å². The smallest absolute Gasteiger partial charge is 0.324 e. The third kappa shape index (κ3) is 4.29. The maximum Gasteiger partial charge on any atom is 0.324 e. The summed E-state index contributed by atoms with van der Waals surface area (Å²) in [5.74, 6) is -1.57. The van der Waals surface area contributed by atoms with Gasteiger partial charge in [0.1, 0.15) is 0 Å². The molecule has 1 saturated heterocycles. The predicted octanol–water partition coefficient (Wildman–Crippen LogP) is 0.573. The highest BCUT2D eigenvalue weighted by Crippen LogP contribution is 2.08. The SMILES string of the molecule is O=C(O)CCC(=O)NC(=O)N1CCCCC1. The van der Waals surface area contributed by atoms with Crippen LogP contribution in [0.3, 0.4) is 0 Å². The Morgan fingerprint density at radius 2 is 1.69 bits per heavy atom. The van der Waals surface area contributed by atoms with Crippen molar-refractivity contribution in [2.24, 2.45) is 0 Å². The second kappa shape index (κ2) is 6.09. The van der Waals surface area contributed by atoms with Gasteiger partial charge in [0.05, 0.1) is 6.42 Å². The molecule has 0 bridgehead atoms. The number of hydrogen-bond donors (Lipinski definition) is 2. The van der Waals surface area contributed by atoms with Crippen molar-refractivity contribution in [3.8, 4) is 0 Å². The van der Waals surface area contributed by atoms with E-state index in [9.17, 15) is 14.4 Å². The summed E-state index contributed by atoms with van der Waals surface area (Å²) in [4.78, 5) is 34.5. The first kappa shape index (κ1) is 12.5. The van der Waals surface area contributed by atoms with Gasteiger partial charge in [0.25, 0.3) is 0 Å². The van der Waals surface area contributed by atoms with Crippen molar-refractivity contribution in [1.82, 2.24) is 10.2 Å². The molecule has 1 aliphatic rings. The highest BCUT2D eigenvalue weighted by Gasteiger charge is 2.18. The Morgan fingerprint density at radius 1 is 1.06 bits per heavy atom. The topological polar surface area (TPSA) is 86.7 Å². The molecule has 0 spiro atoms. The summed E-state index contributed by atoms with van der Waals surface area (Å²) in [6.45, 7) is 1.33. The van der Waals surface area contributed by atoms with Crippen LogP contribution < -0.4 is 5.32 Å². The Morgan fingerprint density at radius 3 is 2.25 bits per heavy atom. The number of piperidine rings is 1. The fraction of sp³-hybridized carbons (Fsp3) is 0.700. The van der Waals surface area contributed by atoms with Gasteiger partial charge in [-0.3, -0.25) is 14.9 Å². The van der Waals surface area contributed by atoms with Crippen LogP contribution in [0.2, 0.25) is 0 Å². The number of carboxylic acids is 1.